The Balaban J connectivity index is 0.000000561. The highest BCUT2D eigenvalue weighted by atomic mass is 35.5. The predicted molar refractivity (Wildman–Crippen MR) is 51.9 cm³/mol. The molecule has 0 radical (unpaired) electrons. The van der Waals surface area contributed by atoms with Crippen LogP contribution in [0.5, 0.6) is 5.75 Å². The summed E-state index contributed by atoms with van der Waals surface area (Å²) in [5.41, 5.74) is 0.854. The van der Waals surface area contributed by atoms with Crippen LogP contribution in [0.2, 0.25) is 5.02 Å². The molecule has 0 aromatic carbocycles. The molecule has 0 aliphatic rings. The first-order valence-electron chi connectivity index (χ1n) is 3.90. The van der Waals surface area contributed by atoms with Crippen LogP contribution in [0, 0.1) is 6.92 Å². The van der Waals surface area contributed by atoms with Gasteiger partial charge in [-0.1, -0.05) is 25.4 Å². The third-order valence-electron chi connectivity index (χ3n) is 1.23. The van der Waals surface area contributed by atoms with Gasteiger partial charge in [0.05, 0.1) is 17.8 Å². The molecule has 0 aliphatic heterocycles. The molecule has 1 heterocycles. The summed E-state index contributed by atoms with van der Waals surface area (Å²) in [7, 11) is 1.60. The smallest absolute Gasteiger partial charge is 0.141 e. The molecule has 0 saturated carbocycles. The van der Waals surface area contributed by atoms with E-state index in [4.69, 9.17) is 16.3 Å². The van der Waals surface area contributed by atoms with E-state index in [1.54, 1.807) is 19.4 Å². The Hall–Kier alpha value is -0.760. The fraction of sp³-hybridized carbons (Fsp3) is 0.444. The summed E-state index contributed by atoms with van der Waals surface area (Å²) in [5.74, 6) is 0.729. The van der Waals surface area contributed by atoms with Gasteiger partial charge in [-0.2, -0.15) is 0 Å². The molecule has 0 unspecified atom stereocenters. The van der Waals surface area contributed by atoms with Crippen LogP contribution in [-0.2, 0) is 0 Å². The fourth-order valence-corrected chi connectivity index (χ4v) is 0.844. The highest BCUT2D eigenvalue weighted by Gasteiger charge is 1.97. The normalized spacial score (nSPS) is 8.42. The van der Waals surface area contributed by atoms with E-state index >= 15 is 0 Å². The molecule has 1 aromatic rings. The van der Waals surface area contributed by atoms with Gasteiger partial charge in [-0.15, -0.1) is 0 Å². The summed E-state index contributed by atoms with van der Waals surface area (Å²) in [6.07, 6.45) is 1.60. The van der Waals surface area contributed by atoms with Gasteiger partial charge in [0, 0.05) is 12.3 Å². The van der Waals surface area contributed by atoms with Crippen molar-refractivity contribution in [1.82, 2.24) is 4.98 Å². The highest BCUT2D eigenvalue weighted by Crippen LogP contribution is 2.18. The Labute approximate surface area is 78.5 Å². The van der Waals surface area contributed by atoms with Crippen LogP contribution in [0.15, 0.2) is 12.3 Å². The number of halogens is 1. The average molecular weight is 188 g/mol. The molecular weight excluding hydrogens is 174 g/mol. The Morgan fingerprint density at radius 1 is 1.42 bits per heavy atom. The van der Waals surface area contributed by atoms with Gasteiger partial charge in [0.15, 0.2) is 0 Å². The molecule has 0 N–H and O–H groups in total. The molecule has 1 rings (SSSR count). The first-order chi connectivity index (χ1) is 5.74. The topological polar surface area (TPSA) is 22.1 Å². The third-order valence-corrected chi connectivity index (χ3v) is 1.43. The predicted octanol–water partition coefficient (Wildman–Crippen LogP) is 3.08. The Morgan fingerprint density at radius 3 is 2.42 bits per heavy atom. The maximum absolute atomic E-state index is 5.65. The second kappa shape index (κ2) is 5.84. The zero-order valence-electron chi connectivity index (χ0n) is 7.89. The molecule has 68 valence electrons. The van der Waals surface area contributed by atoms with E-state index in [0.717, 1.165) is 11.4 Å². The van der Waals surface area contributed by atoms with Gasteiger partial charge in [0.2, 0.25) is 0 Å². The summed E-state index contributed by atoms with van der Waals surface area (Å²) >= 11 is 5.65. The zero-order valence-corrected chi connectivity index (χ0v) is 8.64. The van der Waals surface area contributed by atoms with Gasteiger partial charge < -0.3 is 4.74 Å². The van der Waals surface area contributed by atoms with Gasteiger partial charge in [-0.3, -0.25) is 4.98 Å². The van der Waals surface area contributed by atoms with Crippen molar-refractivity contribution in [2.75, 3.05) is 7.11 Å². The van der Waals surface area contributed by atoms with E-state index in [1.807, 2.05) is 20.8 Å². The lowest BCUT2D eigenvalue weighted by Gasteiger charge is -2.01. The van der Waals surface area contributed by atoms with E-state index in [9.17, 15) is 0 Å². The first-order valence-corrected chi connectivity index (χ1v) is 4.28. The number of pyridine rings is 1. The molecule has 12 heavy (non-hydrogen) atoms. The van der Waals surface area contributed by atoms with Crippen LogP contribution >= 0.6 is 11.6 Å². The van der Waals surface area contributed by atoms with Crippen molar-refractivity contribution in [2.45, 2.75) is 20.8 Å². The van der Waals surface area contributed by atoms with Crippen molar-refractivity contribution in [3.05, 3.63) is 23.0 Å². The number of nitrogens with zero attached hydrogens (tertiary/aromatic N) is 1. The third kappa shape index (κ3) is 3.09. The Bertz CT molecular complexity index is 238. The fourth-order valence-electron chi connectivity index (χ4n) is 0.696. The second-order valence-corrected chi connectivity index (χ2v) is 2.38. The minimum Gasteiger partial charge on any atom is -0.495 e. The summed E-state index contributed by atoms with van der Waals surface area (Å²) in [6, 6.07) is 1.74. The van der Waals surface area contributed by atoms with E-state index < -0.39 is 0 Å². The molecule has 1 aromatic heterocycles. The highest BCUT2D eigenvalue weighted by molar-refractivity contribution is 6.30. The molecule has 3 heteroatoms. The number of rotatable bonds is 1. The lowest BCUT2D eigenvalue weighted by Crippen LogP contribution is -1.88. The summed E-state index contributed by atoms with van der Waals surface area (Å²) in [4.78, 5) is 3.99. The van der Waals surface area contributed by atoms with Crippen LogP contribution in [0.25, 0.3) is 0 Å². The molecule has 0 aliphatic carbocycles. The number of aromatic nitrogens is 1. The van der Waals surface area contributed by atoms with Crippen molar-refractivity contribution in [1.29, 1.82) is 0 Å². The number of aryl methyl sites for hydroxylation is 1. The van der Waals surface area contributed by atoms with Crippen molar-refractivity contribution in [2.24, 2.45) is 0 Å². The minimum atomic E-state index is 0.599. The van der Waals surface area contributed by atoms with Gasteiger partial charge in [-0.25, -0.2) is 0 Å². The maximum atomic E-state index is 5.65. The average Bonchev–Trinajstić information content (AvgIpc) is 2.13. The van der Waals surface area contributed by atoms with E-state index in [2.05, 4.69) is 4.98 Å². The number of hydrogen-bond donors (Lipinski definition) is 0. The standard InChI is InChI=1S/C7H8ClNO.C2H6/c1-5-7(10-2)3-6(8)4-9-5;1-2/h3-4H,1-2H3;1-2H3. The summed E-state index contributed by atoms with van der Waals surface area (Å²) < 4.78 is 4.98. The Morgan fingerprint density at radius 2 is 2.00 bits per heavy atom. The van der Waals surface area contributed by atoms with Gasteiger partial charge in [0.25, 0.3) is 0 Å². The van der Waals surface area contributed by atoms with Crippen LogP contribution in [0.4, 0.5) is 0 Å². The molecule has 0 bridgehead atoms. The van der Waals surface area contributed by atoms with E-state index in [-0.39, 0.29) is 0 Å². The summed E-state index contributed by atoms with van der Waals surface area (Å²) in [6.45, 7) is 5.87. The van der Waals surface area contributed by atoms with E-state index in [0.29, 0.717) is 5.02 Å². The quantitative estimate of drug-likeness (QED) is 0.674. The van der Waals surface area contributed by atoms with Crippen molar-refractivity contribution in [3.63, 3.8) is 0 Å². The lowest BCUT2D eigenvalue weighted by molar-refractivity contribution is 0.409. The molecule has 2 nitrogen and oxygen atoms in total. The Kier molecular flexibility index (Phi) is 5.47. The molecule has 0 fully saturated rings. The second-order valence-electron chi connectivity index (χ2n) is 1.94. The largest absolute Gasteiger partial charge is 0.495 e. The lowest BCUT2D eigenvalue weighted by atomic mass is 10.3. The van der Waals surface area contributed by atoms with Crippen LogP contribution < -0.4 is 4.74 Å². The number of methoxy groups -OCH3 is 1. The molecule has 0 spiro atoms. The van der Waals surface area contributed by atoms with Gasteiger partial charge in [0.1, 0.15) is 5.75 Å². The van der Waals surface area contributed by atoms with Crippen LogP contribution in [-0.4, -0.2) is 12.1 Å². The van der Waals surface area contributed by atoms with Crippen molar-refractivity contribution in [3.8, 4) is 5.75 Å². The molecular formula is C9H14ClNO. The minimum absolute atomic E-state index is 0.599. The molecule has 0 saturated heterocycles. The zero-order chi connectivity index (χ0) is 9.56. The van der Waals surface area contributed by atoms with Crippen molar-refractivity contribution >= 4 is 11.6 Å². The maximum Gasteiger partial charge on any atom is 0.141 e. The van der Waals surface area contributed by atoms with Crippen LogP contribution in [0.3, 0.4) is 0 Å². The molecule has 0 amide bonds. The SMILES string of the molecule is CC.COc1cc(Cl)cnc1C. The van der Waals surface area contributed by atoms with Gasteiger partial charge in [-0.05, 0) is 6.92 Å². The monoisotopic (exact) mass is 187 g/mol. The first kappa shape index (κ1) is 11.2. The van der Waals surface area contributed by atoms with Crippen LogP contribution in [0.1, 0.15) is 19.5 Å². The molecule has 0 atom stereocenters. The summed E-state index contributed by atoms with van der Waals surface area (Å²) in [5, 5.41) is 0.599. The van der Waals surface area contributed by atoms with Crippen molar-refractivity contribution < 1.29 is 4.74 Å². The van der Waals surface area contributed by atoms with E-state index in [1.165, 1.54) is 0 Å². The number of ether oxygens (including phenoxy) is 1. The number of hydrogen-bond acceptors (Lipinski definition) is 2. The van der Waals surface area contributed by atoms with Gasteiger partial charge >= 0.3 is 0 Å².